The van der Waals surface area contributed by atoms with Gasteiger partial charge in [-0.25, -0.2) is 13.6 Å². The molecule has 1 aromatic rings. The smallest absolute Gasteiger partial charge is 0.407 e. The number of carbonyl (C=O) groups excluding carboxylic acids is 1. The number of cyclic esters (lactones) is 1. The second kappa shape index (κ2) is 4.37. The van der Waals surface area contributed by atoms with Gasteiger partial charge in [-0.3, -0.25) is 0 Å². The Bertz CT molecular complexity index is 416. The molecular formula is C10H8BrF2NO2. The monoisotopic (exact) mass is 291 g/mol. The molecule has 1 aliphatic heterocycles. The Morgan fingerprint density at radius 3 is 2.56 bits per heavy atom. The van der Waals surface area contributed by atoms with E-state index in [9.17, 15) is 13.6 Å². The molecule has 0 saturated carbocycles. The SMILES string of the molecule is O=C1N[C@@H](c2c(F)cc(Br)cc2F)CCO1. The first kappa shape index (κ1) is 11.3. The van der Waals surface area contributed by atoms with E-state index < -0.39 is 23.8 Å². The van der Waals surface area contributed by atoms with Crippen molar-refractivity contribution in [3.05, 3.63) is 33.8 Å². The van der Waals surface area contributed by atoms with E-state index in [1.165, 1.54) is 12.1 Å². The van der Waals surface area contributed by atoms with Crippen molar-refractivity contribution in [3.8, 4) is 0 Å². The van der Waals surface area contributed by atoms with Gasteiger partial charge in [-0.1, -0.05) is 15.9 Å². The van der Waals surface area contributed by atoms with Crippen molar-refractivity contribution in [1.29, 1.82) is 0 Å². The number of halogens is 3. The van der Waals surface area contributed by atoms with Gasteiger partial charge in [-0.2, -0.15) is 0 Å². The molecule has 1 aliphatic rings. The molecule has 0 spiro atoms. The Labute approximate surface area is 98.9 Å². The van der Waals surface area contributed by atoms with Gasteiger partial charge in [0, 0.05) is 16.5 Å². The number of alkyl carbamates (subject to hydrolysis) is 1. The van der Waals surface area contributed by atoms with Crippen molar-refractivity contribution < 1.29 is 18.3 Å². The van der Waals surface area contributed by atoms with E-state index in [0.717, 1.165) is 0 Å². The van der Waals surface area contributed by atoms with Crippen LogP contribution in [0.5, 0.6) is 0 Å². The van der Waals surface area contributed by atoms with Crippen molar-refractivity contribution in [2.75, 3.05) is 6.61 Å². The predicted octanol–water partition coefficient (Wildman–Crippen LogP) is 2.90. The van der Waals surface area contributed by atoms with E-state index in [0.29, 0.717) is 10.9 Å². The van der Waals surface area contributed by atoms with Gasteiger partial charge in [0.25, 0.3) is 0 Å². The first-order chi connectivity index (χ1) is 7.58. The highest BCUT2D eigenvalue weighted by molar-refractivity contribution is 9.10. The number of hydrogen-bond acceptors (Lipinski definition) is 2. The van der Waals surface area contributed by atoms with E-state index in [2.05, 4.69) is 26.0 Å². The zero-order chi connectivity index (χ0) is 11.7. The number of amides is 1. The van der Waals surface area contributed by atoms with Gasteiger partial charge in [0.15, 0.2) is 0 Å². The summed E-state index contributed by atoms with van der Waals surface area (Å²) in [7, 11) is 0. The van der Waals surface area contributed by atoms with Crippen LogP contribution in [0.4, 0.5) is 13.6 Å². The summed E-state index contributed by atoms with van der Waals surface area (Å²) < 4.78 is 32.1. The van der Waals surface area contributed by atoms with Crippen molar-refractivity contribution in [3.63, 3.8) is 0 Å². The summed E-state index contributed by atoms with van der Waals surface area (Å²) in [4.78, 5) is 10.9. The largest absolute Gasteiger partial charge is 0.449 e. The minimum atomic E-state index is -0.681. The highest BCUT2D eigenvalue weighted by atomic mass is 79.9. The number of hydrogen-bond donors (Lipinski definition) is 1. The number of rotatable bonds is 1. The molecule has 1 aromatic carbocycles. The number of carbonyl (C=O) groups is 1. The second-order valence-corrected chi connectivity index (χ2v) is 4.32. The zero-order valence-corrected chi connectivity index (χ0v) is 9.68. The normalized spacial score (nSPS) is 20.2. The molecule has 1 amide bonds. The third-order valence-corrected chi connectivity index (χ3v) is 2.78. The molecule has 1 atom stereocenters. The van der Waals surface area contributed by atoms with Crippen molar-refractivity contribution in [2.45, 2.75) is 12.5 Å². The summed E-state index contributed by atoms with van der Waals surface area (Å²) in [6, 6.07) is 1.66. The molecule has 1 N–H and O–H groups in total. The molecule has 3 nitrogen and oxygen atoms in total. The summed E-state index contributed by atoms with van der Waals surface area (Å²) in [5, 5.41) is 2.38. The van der Waals surface area contributed by atoms with Crippen LogP contribution in [0.1, 0.15) is 18.0 Å². The van der Waals surface area contributed by atoms with Gasteiger partial charge in [-0.15, -0.1) is 0 Å². The lowest BCUT2D eigenvalue weighted by Gasteiger charge is -2.24. The van der Waals surface area contributed by atoms with E-state index >= 15 is 0 Å². The predicted molar refractivity (Wildman–Crippen MR) is 55.9 cm³/mol. The molecule has 0 aromatic heterocycles. The van der Waals surface area contributed by atoms with Gasteiger partial charge < -0.3 is 10.1 Å². The van der Waals surface area contributed by atoms with Gasteiger partial charge in [0.1, 0.15) is 11.6 Å². The number of ether oxygens (including phenoxy) is 1. The van der Waals surface area contributed by atoms with Crippen LogP contribution < -0.4 is 5.32 Å². The molecule has 0 bridgehead atoms. The van der Waals surface area contributed by atoms with E-state index in [1.807, 2.05) is 0 Å². The van der Waals surface area contributed by atoms with Crippen LogP contribution in [0.15, 0.2) is 16.6 Å². The summed E-state index contributed by atoms with van der Waals surface area (Å²) >= 11 is 2.99. The van der Waals surface area contributed by atoms with E-state index in [1.54, 1.807) is 0 Å². The second-order valence-electron chi connectivity index (χ2n) is 3.40. The van der Waals surface area contributed by atoms with Gasteiger partial charge in [0.05, 0.1) is 12.6 Å². The lowest BCUT2D eigenvalue weighted by Crippen LogP contribution is -2.36. The molecule has 1 saturated heterocycles. The minimum Gasteiger partial charge on any atom is -0.449 e. The third-order valence-electron chi connectivity index (χ3n) is 2.32. The van der Waals surface area contributed by atoms with Gasteiger partial charge in [0.2, 0.25) is 0 Å². The van der Waals surface area contributed by atoms with Gasteiger partial charge in [-0.05, 0) is 12.1 Å². The minimum absolute atomic E-state index is 0.125. The van der Waals surface area contributed by atoms with Crippen LogP contribution in [-0.2, 0) is 4.74 Å². The van der Waals surface area contributed by atoms with Crippen LogP contribution in [-0.4, -0.2) is 12.7 Å². The van der Waals surface area contributed by atoms with E-state index in [-0.39, 0.29) is 12.2 Å². The average molecular weight is 292 g/mol. The molecule has 0 unspecified atom stereocenters. The van der Waals surface area contributed by atoms with Gasteiger partial charge >= 0.3 is 6.09 Å². The van der Waals surface area contributed by atoms with E-state index in [4.69, 9.17) is 0 Å². The zero-order valence-electron chi connectivity index (χ0n) is 8.10. The van der Waals surface area contributed by atoms with Crippen molar-refractivity contribution >= 4 is 22.0 Å². The molecule has 2 rings (SSSR count). The molecule has 1 fully saturated rings. The molecular weight excluding hydrogens is 284 g/mol. The maximum Gasteiger partial charge on any atom is 0.407 e. The Hall–Kier alpha value is -1.17. The first-order valence-corrected chi connectivity index (χ1v) is 5.45. The number of benzene rings is 1. The first-order valence-electron chi connectivity index (χ1n) is 4.65. The third kappa shape index (κ3) is 2.16. The van der Waals surface area contributed by atoms with Crippen LogP contribution in [0.3, 0.4) is 0 Å². The fraction of sp³-hybridized carbons (Fsp3) is 0.300. The molecule has 86 valence electrons. The maximum atomic E-state index is 13.6. The molecule has 0 radical (unpaired) electrons. The Morgan fingerprint density at radius 1 is 1.38 bits per heavy atom. The molecule has 1 heterocycles. The van der Waals surface area contributed by atoms with Crippen molar-refractivity contribution in [1.82, 2.24) is 5.32 Å². The summed E-state index contributed by atoms with van der Waals surface area (Å²) in [6.45, 7) is 0.158. The van der Waals surface area contributed by atoms with Crippen molar-refractivity contribution in [2.24, 2.45) is 0 Å². The van der Waals surface area contributed by atoms with Crippen LogP contribution in [0.25, 0.3) is 0 Å². The maximum absolute atomic E-state index is 13.6. The molecule has 6 heteroatoms. The lowest BCUT2D eigenvalue weighted by molar-refractivity contribution is 0.114. The standard InChI is InChI=1S/C10H8BrF2NO2/c11-5-3-6(12)9(7(13)4-5)8-1-2-16-10(15)14-8/h3-4,8H,1-2H2,(H,14,15)/t8-/m1/s1. The summed E-state index contributed by atoms with van der Waals surface area (Å²) in [5.41, 5.74) is -0.125. The molecule has 16 heavy (non-hydrogen) atoms. The highest BCUT2D eigenvalue weighted by Gasteiger charge is 2.26. The fourth-order valence-electron chi connectivity index (χ4n) is 1.63. The average Bonchev–Trinajstić information content (AvgIpc) is 2.15. The Kier molecular flexibility index (Phi) is 3.09. The topological polar surface area (TPSA) is 38.3 Å². The van der Waals surface area contributed by atoms with Crippen LogP contribution in [0, 0.1) is 11.6 Å². The summed E-state index contributed by atoms with van der Waals surface area (Å²) in [5.74, 6) is -1.36. The lowest BCUT2D eigenvalue weighted by atomic mass is 10.0. The van der Waals surface area contributed by atoms with Crippen LogP contribution >= 0.6 is 15.9 Å². The van der Waals surface area contributed by atoms with Crippen LogP contribution in [0.2, 0.25) is 0 Å². The Morgan fingerprint density at radius 2 is 2.00 bits per heavy atom. The quantitative estimate of drug-likeness (QED) is 0.864. The number of nitrogens with one attached hydrogen (secondary N) is 1. The molecule has 0 aliphatic carbocycles. The summed E-state index contributed by atoms with van der Waals surface area (Å²) in [6.07, 6.45) is -0.306. The fourth-order valence-corrected chi connectivity index (χ4v) is 2.03. The highest BCUT2D eigenvalue weighted by Crippen LogP contribution is 2.28. The Balaban J connectivity index is 2.35.